The summed E-state index contributed by atoms with van der Waals surface area (Å²) in [4.78, 5) is 44.8. The van der Waals surface area contributed by atoms with E-state index in [1.165, 1.54) is 18.6 Å². The van der Waals surface area contributed by atoms with Crippen LogP contribution in [-0.2, 0) is 21.0 Å². The van der Waals surface area contributed by atoms with Gasteiger partial charge in [-0.3, -0.25) is 19.5 Å². The Morgan fingerprint density at radius 1 is 1.11 bits per heavy atom. The zero-order chi connectivity index (χ0) is 38.9. The molecule has 0 radical (unpaired) electrons. The quantitative estimate of drug-likeness (QED) is 0.182. The van der Waals surface area contributed by atoms with Crippen LogP contribution in [0.4, 0.5) is 0 Å². The molecule has 4 aliphatic rings. The molecule has 53 heavy (non-hydrogen) atoms. The largest absolute Gasteiger partial charge is 0.508 e. The number of aromatic amines is 1. The van der Waals surface area contributed by atoms with Crippen molar-refractivity contribution in [3.05, 3.63) is 65.7 Å². The highest BCUT2D eigenvalue weighted by molar-refractivity contribution is 6.02. The monoisotopic (exact) mass is 733 g/mol. The second-order valence-electron chi connectivity index (χ2n) is 16.0. The van der Waals surface area contributed by atoms with E-state index in [9.17, 15) is 34.8 Å². The molecule has 2 heterocycles. The highest BCUT2D eigenvalue weighted by Gasteiger charge is 2.68. The Balaban J connectivity index is 0.000000171. The number of aliphatic hydroxyl groups excluding tert-OH is 3. The summed E-state index contributed by atoms with van der Waals surface area (Å²) in [5, 5.41) is 67.9. The number of nitrogens with zero attached hydrogens (tertiary/aromatic N) is 3. The lowest BCUT2D eigenvalue weighted by atomic mass is 9.46. The zero-order valence-corrected chi connectivity index (χ0v) is 30.8. The predicted octanol–water partition coefficient (Wildman–Crippen LogP) is 3.13. The van der Waals surface area contributed by atoms with Crippen molar-refractivity contribution < 1.29 is 45.0 Å². The fourth-order valence-corrected chi connectivity index (χ4v) is 8.83. The van der Waals surface area contributed by atoms with Crippen molar-refractivity contribution in [3.8, 4) is 11.6 Å². The van der Waals surface area contributed by atoms with E-state index in [0.717, 1.165) is 18.4 Å². The van der Waals surface area contributed by atoms with E-state index >= 15 is 0 Å². The topological polar surface area (TPSA) is 239 Å². The van der Waals surface area contributed by atoms with Crippen LogP contribution >= 0.6 is 0 Å². The molecular weight excluding hydrogens is 682 g/mol. The first kappa shape index (κ1) is 39.9. The number of ketones is 3. The van der Waals surface area contributed by atoms with E-state index in [0.29, 0.717) is 41.5 Å². The number of H-pyrrole nitrogens is 1. The van der Waals surface area contributed by atoms with Crippen LogP contribution in [-0.4, -0.2) is 92.4 Å². The number of allylic oxidation sites excluding steroid dienone is 4. The van der Waals surface area contributed by atoms with Gasteiger partial charge in [-0.05, 0) is 88.1 Å². The van der Waals surface area contributed by atoms with E-state index in [2.05, 4.69) is 25.5 Å². The molecule has 3 saturated carbocycles. The number of hydrogen-bond acceptors (Lipinski definition) is 13. The van der Waals surface area contributed by atoms with Gasteiger partial charge in [0, 0.05) is 40.8 Å². The maximum absolute atomic E-state index is 13.3. The van der Waals surface area contributed by atoms with Gasteiger partial charge in [0.25, 0.3) is 0 Å². The van der Waals surface area contributed by atoms with E-state index in [1.54, 1.807) is 24.3 Å². The maximum atomic E-state index is 13.3. The number of benzene rings is 1. The van der Waals surface area contributed by atoms with Crippen molar-refractivity contribution in [2.45, 2.75) is 90.6 Å². The fraction of sp³-hybridized carbons (Fsp3) is 0.538. The lowest BCUT2D eigenvalue weighted by Gasteiger charge is -2.56. The number of phenols is 1. The number of β-amino-alcohol motifs (C(OH)–C–C–N with tert-alkyl or cyclic N) is 1. The van der Waals surface area contributed by atoms with Crippen molar-refractivity contribution in [1.29, 1.82) is 0 Å². The smallest absolute Gasteiger partial charge is 0.225 e. The van der Waals surface area contributed by atoms with Gasteiger partial charge in [0.05, 0.1) is 18.9 Å². The number of Topliss-reactive ketones (excluding diaryl/α,β-unsaturated/α-hetero) is 2. The number of aliphatic hydroxyl groups is 4. The van der Waals surface area contributed by atoms with E-state index in [-0.39, 0.29) is 59.5 Å². The average molecular weight is 734 g/mol. The summed E-state index contributed by atoms with van der Waals surface area (Å²) in [6.07, 6.45) is 9.92. The predicted molar refractivity (Wildman–Crippen MR) is 194 cm³/mol. The molecular formula is C39H51N5O9. The SMILES string of the molecule is CC(C)(C)NCC(O)c1ccc(O)c(CO)c1.C[C@]12C=CC(=O)C=C1CC[C@@H]1[C@@H]2C(=O)C[C@@]2(C)[C@H]1CC[C@]2(O)C(=O)CO.Oc1ncnc2[nH]ncc12. The third-order valence-corrected chi connectivity index (χ3v) is 11.7. The number of carbonyl (C=O) groups excluding carboxylic acids is 3. The number of aromatic nitrogens is 4. The summed E-state index contributed by atoms with van der Waals surface area (Å²) in [6.45, 7) is 9.45. The van der Waals surface area contributed by atoms with Gasteiger partial charge < -0.3 is 36.0 Å². The van der Waals surface area contributed by atoms with Gasteiger partial charge in [-0.1, -0.05) is 31.6 Å². The van der Waals surface area contributed by atoms with Gasteiger partial charge in [-0.15, -0.1) is 0 Å². The van der Waals surface area contributed by atoms with Crippen molar-refractivity contribution in [3.63, 3.8) is 0 Å². The van der Waals surface area contributed by atoms with Crippen LogP contribution in [0.1, 0.15) is 84.0 Å². The maximum Gasteiger partial charge on any atom is 0.225 e. The Bertz CT molecular complexity index is 1920. The Kier molecular flexibility index (Phi) is 11.4. The molecule has 3 fully saturated rings. The standard InChI is InChI=1S/C21H26O5.C13H21NO3.C5H4N4O/c1-19-7-5-13(23)9-12(19)3-4-14-15-6-8-21(26,17(25)11-22)20(15,2)10-16(24)18(14)19;1-13(2,3)14-7-12(17)9-4-5-11(16)10(6-9)8-15;10-5-3-1-8-9-4(3)6-2-7-5/h5,7,9,14-15,18,22,26H,3-4,6,8,10-11H2,1-2H3;4-6,12,14-17H,7-8H2,1-3H3;1-2H,(H2,6,7,8,9,10)/t14-,15-,18+,19-,20-,21-;;/m0../s1. The number of aromatic hydroxyl groups is 2. The highest BCUT2D eigenvalue weighted by Crippen LogP contribution is 2.66. The Hall–Kier alpha value is -4.34. The van der Waals surface area contributed by atoms with Gasteiger partial charge in [-0.2, -0.15) is 5.10 Å². The van der Waals surface area contributed by atoms with Crippen molar-refractivity contribution in [2.24, 2.45) is 28.6 Å². The third kappa shape index (κ3) is 7.69. The second kappa shape index (κ2) is 15.2. The van der Waals surface area contributed by atoms with Crippen LogP contribution in [0, 0.1) is 28.6 Å². The molecule has 2 aromatic heterocycles. The number of carbonyl (C=O) groups is 3. The van der Waals surface area contributed by atoms with E-state index in [1.807, 2.05) is 40.7 Å². The van der Waals surface area contributed by atoms with Gasteiger partial charge >= 0.3 is 0 Å². The van der Waals surface area contributed by atoms with E-state index in [4.69, 9.17) is 10.2 Å². The van der Waals surface area contributed by atoms with Crippen molar-refractivity contribution in [1.82, 2.24) is 25.5 Å². The summed E-state index contributed by atoms with van der Waals surface area (Å²) in [5.41, 5.74) is -0.259. The van der Waals surface area contributed by atoms with Crippen molar-refractivity contribution >= 4 is 28.4 Å². The van der Waals surface area contributed by atoms with Crippen LogP contribution in [0.25, 0.3) is 11.0 Å². The number of hydrogen-bond donors (Lipinski definition) is 8. The lowest BCUT2D eigenvalue weighted by molar-refractivity contribution is -0.168. The molecule has 7 rings (SSSR count). The average Bonchev–Trinajstić information content (AvgIpc) is 3.71. The first-order chi connectivity index (χ1) is 24.9. The van der Waals surface area contributed by atoms with Crippen LogP contribution in [0.5, 0.6) is 11.6 Å². The molecule has 14 heteroatoms. The second-order valence-corrected chi connectivity index (χ2v) is 16.0. The minimum atomic E-state index is -1.62. The van der Waals surface area contributed by atoms with Gasteiger partial charge in [0.15, 0.2) is 17.2 Å². The molecule has 7 atom stereocenters. The summed E-state index contributed by atoms with van der Waals surface area (Å²) in [7, 11) is 0. The third-order valence-electron chi connectivity index (χ3n) is 11.7. The minimum Gasteiger partial charge on any atom is -0.508 e. The molecule has 0 spiro atoms. The van der Waals surface area contributed by atoms with Crippen molar-refractivity contribution in [2.75, 3.05) is 13.2 Å². The summed E-state index contributed by atoms with van der Waals surface area (Å²) < 4.78 is 0. The fourth-order valence-electron chi connectivity index (χ4n) is 8.83. The van der Waals surface area contributed by atoms with Crippen LogP contribution in [0.2, 0.25) is 0 Å². The molecule has 0 bridgehead atoms. The normalized spacial score (nSPS) is 29.5. The molecule has 4 aliphatic carbocycles. The lowest BCUT2D eigenvalue weighted by Crippen LogP contribution is -2.60. The minimum absolute atomic E-state index is 0.0206. The highest BCUT2D eigenvalue weighted by atomic mass is 16.3. The Morgan fingerprint density at radius 3 is 2.51 bits per heavy atom. The first-order valence-corrected chi connectivity index (χ1v) is 17.9. The molecule has 1 unspecified atom stereocenters. The first-order valence-electron chi connectivity index (χ1n) is 17.9. The molecule has 1 aromatic carbocycles. The summed E-state index contributed by atoms with van der Waals surface area (Å²) in [6, 6.07) is 4.76. The molecule has 0 saturated heterocycles. The molecule has 8 N–H and O–H groups in total. The molecule has 286 valence electrons. The van der Waals surface area contributed by atoms with Gasteiger partial charge in [-0.25, -0.2) is 9.97 Å². The Morgan fingerprint density at radius 2 is 1.85 bits per heavy atom. The van der Waals surface area contributed by atoms with Gasteiger partial charge in [0.2, 0.25) is 5.88 Å². The van der Waals surface area contributed by atoms with Crippen LogP contribution < -0.4 is 5.32 Å². The number of rotatable bonds is 6. The summed E-state index contributed by atoms with van der Waals surface area (Å²) >= 11 is 0. The zero-order valence-electron chi connectivity index (χ0n) is 30.8. The van der Waals surface area contributed by atoms with Gasteiger partial charge in [0.1, 0.15) is 35.5 Å². The van der Waals surface area contributed by atoms with Crippen LogP contribution in [0.3, 0.4) is 0 Å². The Labute approximate surface area is 308 Å². The number of fused-ring (bicyclic) bond motifs is 6. The van der Waals surface area contributed by atoms with E-state index < -0.39 is 34.9 Å². The number of nitrogens with one attached hydrogen (secondary N) is 2. The molecule has 3 aromatic rings. The molecule has 0 amide bonds. The summed E-state index contributed by atoms with van der Waals surface area (Å²) in [5.74, 6) is -0.585. The molecule has 0 aliphatic heterocycles. The molecule has 14 nitrogen and oxygen atoms in total. The van der Waals surface area contributed by atoms with Crippen LogP contribution in [0.15, 0.2) is 54.5 Å².